The highest BCUT2D eigenvalue weighted by Crippen LogP contribution is 2.24. The molecule has 0 aromatic heterocycles. The van der Waals surface area contributed by atoms with Crippen LogP contribution in [0.3, 0.4) is 0 Å². The van der Waals surface area contributed by atoms with Crippen LogP contribution < -0.4 is 5.32 Å². The third kappa shape index (κ3) is 3.06. The zero-order valence-corrected chi connectivity index (χ0v) is 11.0. The summed E-state index contributed by atoms with van der Waals surface area (Å²) in [4.78, 5) is 24.7. The summed E-state index contributed by atoms with van der Waals surface area (Å²) in [5.41, 5.74) is 1.24. The first kappa shape index (κ1) is 13.4. The monoisotopic (exact) mass is 262 g/mol. The van der Waals surface area contributed by atoms with E-state index in [9.17, 15) is 9.59 Å². The van der Waals surface area contributed by atoms with E-state index in [4.69, 9.17) is 4.74 Å². The van der Waals surface area contributed by atoms with E-state index in [1.165, 1.54) is 0 Å². The number of rotatable bonds is 3. The highest BCUT2D eigenvalue weighted by atomic mass is 16.5. The van der Waals surface area contributed by atoms with Gasteiger partial charge in [0.25, 0.3) is 0 Å². The standard InChI is InChI=1S/C14H18N2O3/c1-2-19-14(18)13-5-3-4-8-16(13)12-6-7-15-11(9-12)10-17/h6-7,9,13,15H,2-5,8H2,1H3. The Balaban J connectivity index is 2.20. The van der Waals surface area contributed by atoms with Crippen LogP contribution in [0.2, 0.25) is 0 Å². The van der Waals surface area contributed by atoms with Crippen molar-refractivity contribution in [1.29, 1.82) is 0 Å². The molecule has 1 N–H and O–H groups in total. The second-order valence-corrected chi connectivity index (χ2v) is 4.52. The van der Waals surface area contributed by atoms with Gasteiger partial charge in [-0.3, -0.25) is 0 Å². The fourth-order valence-electron chi connectivity index (χ4n) is 2.42. The number of allylic oxidation sites excluding steroid dienone is 2. The fraction of sp³-hybridized carbons (Fsp3) is 0.500. The number of nitrogens with zero attached hydrogens (tertiary/aromatic N) is 1. The summed E-state index contributed by atoms with van der Waals surface area (Å²) in [5, 5.41) is 2.80. The van der Waals surface area contributed by atoms with E-state index < -0.39 is 0 Å². The number of nitrogens with one attached hydrogen (secondary N) is 1. The molecule has 1 unspecified atom stereocenters. The smallest absolute Gasteiger partial charge is 0.328 e. The summed E-state index contributed by atoms with van der Waals surface area (Å²) in [6.07, 6.45) is 8.10. The number of carbonyl (C=O) groups is 1. The van der Waals surface area contributed by atoms with Gasteiger partial charge in [-0.05, 0) is 38.3 Å². The van der Waals surface area contributed by atoms with Crippen LogP contribution in [0.25, 0.3) is 0 Å². The van der Waals surface area contributed by atoms with Gasteiger partial charge in [0.1, 0.15) is 11.7 Å². The minimum atomic E-state index is -0.254. The van der Waals surface area contributed by atoms with E-state index >= 15 is 0 Å². The number of esters is 1. The first-order valence-electron chi connectivity index (χ1n) is 6.59. The van der Waals surface area contributed by atoms with Crippen molar-refractivity contribution in [2.24, 2.45) is 0 Å². The Morgan fingerprint density at radius 3 is 3.16 bits per heavy atom. The summed E-state index contributed by atoms with van der Waals surface area (Å²) in [5.74, 6) is 1.64. The van der Waals surface area contributed by atoms with Crippen molar-refractivity contribution in [1.82, 2.24) is 10.2 Å². The minimum Gasteiger partial charge on any atom is -0.464 e. The lowest BCUT2D eigenvalue weighted by molar-refractivity contribution is -0.149. The van der Waals surface area contributed by atoms with E-state index in [1.807, 2.05) is 23.8 Å². The molecule has 0 aromatic rings. The molecule has 0 radical (unpaired) electrons. The van der Waals surface area contributed by atoms with Crippen LogP contribution in [0.1, 0.15) is 26.2 Å². The van der Waals surface area contributed by atoms with Crippen molar-refractivity contribution in [2.75, 3.05) is 13.2 Å². The lowest BCUT2D eigenvalue weighted by atomic mass is 10.0. The molecular formula is C14H18N2O3. The number of ether oxygens (including phenoxy) is 1. The molecule has 2 aliphatic heterocycles. The summed E-state index contributed by atoms with van der Waals surface area (Å²) in [6.45, 7) is 2.99. The molecule has 1 fully saturated rings. The lowest BCUT2D eigenvalue weighted by Gasteiger charge is -2.37. The van der Waals surface area contributed by atoms with Gasteiger partial charge in [0.15, 0.2) is 5.94 Å². The zero-order valence-electron chi connectivity index (χ0n) is 11.0. The molecule has 0 spiro atoms. The molecule has 2 aliphatic rings. The van der Waals surface area contributed by atoms with Crippen LogP contribution in [0.4, 0.5) is 0 Å². The van der Waals surface area contributed by atoms with Gasteiger partial charge in [-0.1, -0.05) is 0 Å². The Morgan fingerprint density at radius 1 is 1.58 bits per heavy atom. The Bertz CT molecular complexity index is 461. The molecule has 1 saturated heterocycles. The molecule has 1 atom stereocenters. The number of hydrogen-bond acceptors (Lipinski definition) is 5. The average Bonchev–Trinajstić information content (AvgIpc) is 2.47. The molecule has 2 heterocycles. The average molecular weight is 262 g/mol. The molecule has 0 bridgehead atoms. The van der Waals surface area contributed by atoms with E-state index in [-0.39, 0.29) is 12.0 Å². The van der Waals surface area contributed by atoms with E-state index in [0.29, 0.717) is 12.3 Å². The Morgan fingerprint density at radius 2 is 2.42 bits per heavy atom. The third-order valence-electron chi connectivity index (χ3n) is 3.29. The molecule has 5 nitrogen and oxygen atoms in total. The second-order valence-electron chi connectivity index (χ2n) is 4.52. The van der Waals surface area contributed by atoms with Crippen LogP contribution in [0, 0.1) is 0 Å². The maximum absolute atomic E-state index is 12.0. The van der Waals surface area contributed by atoms with Gasteiger partial charge in [-0.2, -0.15) is 0 Å². The number of likely N-dealkylation sites (tertiary alicyclic amines) is 1. The van der Waals surface area contributed by atoms with Crippen LogP contribution in [-0.4, -0.2) is 36.0 Å². The van der Waals surface area contributed by atoms with Crippen LogP contribution >= 0.6 is 0 Å². The molecule has 0 aromatic carbocycles. The Kier molecular flexibility index (Phi) is 4.42. The van der Waals surface area contributed by atoms with Gasteiger partial charge in [0, 0.05) is 18.4 Å². The van der Waals surface area contributed by atoms with Crippen molar-refractivity contribution in [3.63, 3.8) is 0 Å². The molecule has 19 heavy (non-hydrogen) atoms. The van der Waals surface area contributed by atoms with Crippen LogP contribution in [-0.2, 0) is 14.3 Å². The quantitative estimate of drug-likeness (QED) is 0.610. The third-order valence-corrected chi connectivity index (χ3v) is 3.29. The molecular weight excluding hydrogens is 244 g/mol. The summed E-state index contributed by atoms with van der Waals surface area (Å²) >= 11 is 0. The molecule has 5 heteroatoms. The van der Waals surface area contributed by atoms with Crippen LogP contribution in [0.5, 0.6) is 0 Å². The predicted octanol–water partition coefficient (Wildman–Crippen LogP) is 1.12. The molecule has 0 amide bonds. The maximum Gasteiger partial charge on any atom is 0.328 e. The van der Waals surface area contributed by atoms with Gasteiger partial charge in [0.2, 0.25) is 0 Å². The van der Waals surface area contributed by atoms with Crippen molar-refractivity contribution >= 4 is 11.9 Å². The summed E-state index contributed by atoms with van der Waals surface area (Å²) in [6, 6.07) is -0.254. The van der Waals surface area contributed by atoms with Gasteiger partial charge < -0.3 is 15.0 Å². The van der Waals surface area contributed by atoms with Crippen molar-refractivity contribution < 1.29 is 14.3 Å². The van der Waals surface area contributed by atoms with E-state index in [1.54, 1.807) is 12.3 Å². The second kappa shape index (κ2) is 6.25. The van der Waals surface area contributed by atoms with Gasteiger partial charge in [-0.15, -0.1) is 0 Å². The van der Waals surface area contributed by atoms with Gasteiger partial charge >= 0.3 is 5.97 Å². The number of carbonyl (C=O) groups excluding carboxylic acids is 2. The SMILES string of the molecule is CCOC(=O)C1CCCCN1C1=CC(=C=O)NC=C1. The van der Waals surface area contributed by atoms with Crippen molar-refractivity contribution in [3.05, 3.63) is 29.7 Å². The summed E-state index contributed by atoms with van der Waals surface area (Å²) in [7, 11) is 0. The minimum absolute atomic E-state index is 0.188. The Hall–Kier alpha value is -2.00. The zero-order chi connectivity index (χ0) is 13.7. The topological polar surface area (TPSA) is 58.6 Å². The normalized spacial score (nSPS) is 22.4. The van der Waals surface area contributed by atoms with Crippen LogP contribution in [0.15, 0.2) is 29.7 Å². The van der Waals surface area contributed by atoms with Crippen molar-refractivity contribution in [3.8, 4) is 0 Å². The maximum atomic E-state index is 12.0. The molecule has 2 rings (SSSR count). The molecule has 0 saturated carbocycles. The van der Waals surface area contributed by atoms with E-state index in [2.05, 4.69) is 5.32 Å². The fourth-order valence-corrected chi connectivity index (χ4v) is 2.42. The number of hydrogen-bond donors (Lipinski definition) is 1. The molecule has 0 aliphatic carbocycles. The number of piperidine rings is 1. The largest absolute Gasteiger partial charge is 0.464 e. The first-order valence-corrected chi connectivity index (χ1v) is 6.59. The lowest BCUT2D eigenvalue weighted by Crippen LogP contribution is -2.45. The number of dihydropyridines is 1. The summed E-state index contributed by atoms with van der Waals surface area (Å²) < 4.78 is 5.12. The van der Waals surface area contributed by atoms with E-state index in [0.717, 1.165) is 31.5 Å². The van der Waals surface area contributed by atoms with Gasteiger partial charge in [0.05, 0.1) is 6.61 Å². The van der Waals surface area contributed by atoms with Gasteiger partial charge in [-0.25, -0.2) is 9.59 Å². The predicted molar refractivity (Wildman–Crippen MR) is 70.5 cm³/mol. The first-order chi connectivity index (χ1) is 9.26. The van der Waals surface area contributed by atoms with Crippen molar-refractivity contribution in [2.45, 2.75) is 32.2 Å². The highest BCUT2D eigenvalue weighted by molar-refractivity contribution is 5.76. The Labute approximate surface area is 112 Å². The highest BCUT2D eigenvalue weighted by Gasteiger charge is 2.30. The molecule has 102 valence electrons.